The van der Waals surface area contributed by atoms with Crippen molar-refractivity contribution in [3.8, 4) is 0 Å². The monoisotopic (exact) mass is 376 g/mol. The number of benzene rings is 1. The lowest BCUT2D eigenvalue weighted by atomic mass is 10.1. The van der Waals surface area contributed by atoms with Gasteiger partial charge in [0.1, 0.15) is 0 Å². The fourth-order valence-corrected chi connectivity index (χ4v) is 3.66. The predicted octanol–water partition coefficient (Wildman–Crippen LogP) is 3.25. The van der Waals surface area contributed by atoms with E-state index in [0.29, 0.717) is 17.8 Å². The summed E-state index contributed by atoms with van der Waals surface area (Å²) in [7, 11) is 0. The molecule has 2 heterocycles. The van der Waals surface area contributed by atoms with E-state index in [0.717, 1.165) is 31.2 Å². The van der Waals surface area contributed by atoms with Crippen molar-refractivity contribution < 1.29 is 9.59 Å². The summed E-state index contributed by atoms with van der Waals surface area (Å²) in [5, 5.41) is 5.95. The molecule has 0 radical (unpaired) electrons. The van der Waals surface area contributed by atoms with Crippen LogP contribution in [0, 0.1) is 6.92 Å². The summed E-state index contributed by atoms with van der Waals surface area (Å²) >= 11 is 0. The van der Waals surface area contributed by atoms with Gasteiger partial charge in [-0.05, 0) is 37.5 Å². The van der Waals surface area contributed by atoms with Crippen molar-refractivity contribution in [3.05, 3.63) is 71.3 Å². The quantitative estimate of drug-likeness (QED) is 0.718. The van der Waals surface area contributed by atoms with Crippen LogP contribution < -0.4 is 10.6 Å². The van der Waals surface area contributed by atoms with E-state index < -0.39 is 0 Å². The summed E-state index contributed by atoms with van der Waals surface area (Å²) in [6.07, 6.45) is 6.04. The summed E-state index contributed by atoms with van der Waals surface area (Å²) < 4.78 is 1.67. The Morgan fingerprint density at radius 3 is 2.57 bits per heavy atom. The SMILES string of the molecule is Cc1ccc(CNC(=O)c2nc(C(=O)NC3CCCC3)c3ccccn23)cc1. The van der Waals surface area contributed by atoms with Crippen molar-refractivity contribution >= 4 is 17.3 Å². The molecule has 1 aromatic carbocycles. The molecule has 0 spiro atoms. The molecule has 6 nitrogen and oxygen atoms in total. The van der Waals surface area contributed by atoms with E-state index in [1.807, 2.05) is 49.4 Å². The molecule has 1 aliphatic rings. The van der Waals surface area contributed by atoms with E-state index in [1.54, 1.807) is 10.6 Å². The first-order valence-electron chi connectivity index (χ1n) is 9.73. The van der Waals surface area contributed by atoms with Crippen LogP contribution in [0.3, 0.4) is 0 Å². The van der Waals surface area contributed by atoms with Crippen molar-refractivity contribution in [1.29, 1.82) is 0 Å². The first-order chi connectivity index (χ1) is 13.6. The van der Waals surface area contributed by atoms with Crippen molar-refractivity contribution in [3.63, 3.8) is 0 Å². The predicted molar refractivity (Wildman–Crippen MR) is 107 cm³/mol. The molecular formula is C22H24N4O2. The largest absolute Gasteiger partial charge is 0.348 e. The molecule has 28 heavy (non-hydrogen) atoms. The normalized spacial score (nSPS) is 14.3. The van der Waals surface area contributed by atoms with Gasteiger partial charge in [0.05, 0.1) is 5.52 Å². The van der Waals surface area contributed by atoms with Crippen LogP contribution in [0.5, 0.6) is 0 Å². The molecule has 1 fully saturated rings. The molecule has 144 valence electrons. The Hall–Kier alpha value is -3.15. The van der Waals surface area contributed by atoms with E-state index in [9.17, 15) is 9.59 Å². The fourth-order valence-electron chi connectivity index (χ4n) is 3.66. The van der Waals surface area contributed by atoms with E-state index in [2.05, 4.69) is 15.6 Å². The Labute approximate surface area is 164 Å². The number of rotatable bonds is 5. The maximum Gasteiger partial charge on any atom is 0.287 e. The Bertz CT molecular complexity index is 1000. The minimum atomic E-state index is -0.304. The minimum absolute atomic E-state index is 0.201. The summed E-state index contributed by atoms with van der Waals surface area (Å²) in [6.45, 7) is 2.43. The van der Waals surface area contributed by atoms with Gasteiger partial charge in [-0.3, -0.25) is 14.0 Å². The molecule has 1 saturated carbocycles. The lowest BCUT2D eigenvalue weighted by molar-refractivity contribution is 0.0935. The van der Waals surface area contributed by atoms with Crippen LogP contribution in [-0.4, -0.2) is 27.2 Å². The van der Waals surface area contributed by atoms with Crippen molar-refractivity contribution in [2.45, 2.75) is 45.2 Å². The molecule has 3 aromatic rings. The number of fused-ring (bicyclic) bond motifs is 1. The van der Waals surface area contributed by atoms with Gasteiger partial charge in [-0.15, -0.1) is 0 Å². The highest BCUT2D eigenvalue weighted by Crippen LogP contribution is 2.19. The highest BCUT2D eigenvalue weighted by molar-refractivity contribution is 6.02. The highest BCUT2D eigenvalue weighted by Gasteiger charge is 2.24. The van der Waals surface area contributed by atoms with Crippen molar-refractivity contribution in [2.75, 3.05) is 0 Å². The van der Waals surface area contributed by atoms with Crippen LogP contribution in [0.1, 0.15) is 57.9 Å². The molecule has 2 amide bonds. The van der Waals surface area contributed by atoms with Gasteiger partial charge in [-0.1, -0.05) is 48.7 Å². The van der Waals surface area contributed by atoms with E-state index in [4.69, 9.17) is 0 Å². The smallest absolute Gasteiger partial charge is 0.287 e. The highest BCUT2D eigenvalue weighted by atomic mass is 16.2. The number of nitrogens with zero attached hydrogens (tertiary/aromatic N) is 2. The van der Waals surface area contributed by atoms with E-state index in [1.165, 1.54) is 5.56 Å². The summed E-state index contributed by atoms with van der Waals surface area (Å²) in [5.74, 6) is -0.297. The van der Waals surface area contributed by atoms with Gasteiger partial charge in [0, 0.05) is 18.8 Å². The number of carbonyl (C=O) groups is 2. The molecule has 6 heteroatoms. The van der Waals surface area contributed by atoms with Crippen LogP contribution in [0.15, 0.2) is 48.7 Å². The topological polar surface area (TPSA) is 75.5 Å². The Balaban J connectivity index is 1.55. The van der Waals surface area contributed by atoms with Crippen molar-refractivity contribution in [2.24, 2.45) is 0 Å². The zero-order valence-electron chi connectivity index (χ0n) is 15.9. The first kappa shape index (κ1) is 18.2. The molecule has 0 bridgehead atoms. The van der Waals surface area contributed by atoms with Crippen LogP contribution >= 0.6 is 0 Å². The minimum Gasteiger partial charge on any atom is -0.348 e. The molecule has 4 rings (SSSR count). The van der Waals surface area contributed by atoms with Crippen molar-refractivity contribution in [1.82, 2.24) is 20.0 Å². The van der Waals surface area contributed by atoms with Gasteiger partial charge in [0.25, 0.3) is 11.8 Å². The van der Waals surface area contributed by atoms with Crippen LogP contribution in [-0.2, 0) is 6.54 Å². The maximum atomic E-state index is 12.8. The average Bonchev–Trinajstić information content (AvgIpc) is 3.35. The number of amides is 2. The van der Waals surface area contributed by atoms with Gasteiger partial charge in [-0.25, -0.2) is 4.98 Å². The lowest BCUT2D eigenvalue weighted by Crippen LogP contribution is -2.33. The van der Waals surface area contributed by atoms with Gasteiger partial charge < -0.3 is 10.6 Å². The second kappa shape index (κ2) is 7.84. The number of aryl methyl sites for hydroxylation is 1. The average molecular weight is 376 g/mol. The molecule has 0 unspecified atom stereocenters. The van der Waals surface area contributed by atoms with Gasteiger partial charge in [-0.2, -0.15) is 0 Å². The standard InChI is InChI=1S/C22H24N4O2/c1-15-9-11-16(12-10-15)14-23-22(28)20-25-19(18-8-4-5-13-26(18)20)21(27)24-17-6-2-3-7-17/h4-5,8-13,17H,2-3,6-7,14H2,1H3,(H,23,28)(H,24,27). The number of carbonyl (C=O) groups excluding carboxylic acids is 2. The third kappa shape index (κ3) is 3.76. The molecule has 0 atom stereocenters. The van der Waals surface area contributed by atoms with Crippen LogP contribution in [0.25, 0.3) is 5.52 Å². The second-order valence-electron chi connectivity index (χ2n) is 7.36. The zero-order valence-corrected chi connectivity index (χ0v) is 15.9. The third-order valence-corrected chi connectivity index (χ3v) is 5.23. The van der Waals surface area contributed by atoms with Gasteiger partial charge in [0.15, 0.2) is 5.69 Å². The number of nitrogens with one attached hydrogen (secondary N) is 2. The third-order valence-electron chi connectivity index (χ3n) is 5.23. The van der Waals surface area contributed by atoms with Gasteiger partial charge in [0.2, 0.25) is 5.82 Å². The Morgan fingerprint density at radius 2 is 1.82 bits per heavy atom. The summed E-state index contributed by atoms with van der Waals surface area (Å²) in [4.78, 5) is 29.9. The Morgan fingerprint density at radius 1 is 1.07 bits per heavy atom. The number of pyridine rings is 1. The summed E-state index contributed by atoms with van der Waals surface area (Å²) in [6, 6.07) is 13.7. The number of hydrogen-bond donors (Lipinski definition) is 2. The molecule has 1 aliphatic carbocycles. The van der Waals surface area contributed by atoms with Gasteiger partial charge >= 0.3 is 0 Å². The Kier molecular flexibility index (Phi) is 5.10. The van der Waals surface area contributed by atoms with Crippen LogP contribution in [0.2, 0.25) is 0 Å². The number of hydrogen-bond acceptors (Lipinski definition) is 3. The second-order valence-corrected chi connectivity index (χ2v) is 7.36. The zero-order chi connectivity index (χ0) is 19.5. The number of imidazole rings is 1. The molecule has 0 saturated heterocycles. The van der Waals surface area contributed by atoms with E-state index >= 15 is 0 Å². The summed E-state index contributed by atoms with van der Waals surface area (Å²) in [5.41, 5.74) is 3.12. The first-order valence-corrected chi connectivity index (χ1v) is 9.73. The molecular weight excluding hydrogens is 352 g/mol. The maximum absolute atomic E-state index is 12.8. The number of aromatic nitrogens is 2. The fraction of sp³-hybridized carbons (Fsp3) is 0.318. The molecule has 2 N–H and O–H groups in total. The van der Waals surface area contributed by atoms with Crippen LogP contribution in [0.4, 0.5) is 0 Å². The van der Waals surface area contributed by atoms with E-state index in [-0.39, 0.29) is 23.7 Å². The lowest BCUT2D eigenvalue weighted by Gasteiger charge is -2.10. The molecule has 0 aliphatic heterocycles. The molecule has 2 aromatic heterocycles.